The molecule has 2 heterocycles. The van der Waals surface area contributed by atoms with E-state index in [1.54, 1.807) is 34.1 Å². The zero-order valence-electron chi connectivity index (χ0n) is 18.2. The van der Waals surface area contributed by atoms with Crippen LogP contribution in [0.2, 0.25) is 0 Å². The highest BCUT2D eigenvalue weighted by Crippen LogP contribution is 2.34. The molecule has 2 aliphatic rings. The molecule has 2 aromatic carbocycles. The number of hydrogen-bond donors (Lipinski definition) is 1. The van der Waals surface area contributed by atoms with Gasteiger partial charge in [0.25, 0.3) is 0 Å². The van der Waals surface area contributed by atoms with Crippen LogP contribution < -0.4 is 15.0 Å². The normalized spacial score (nSPS) is 18.4. The molecule has 8 heteroatoms. The number of carbonyl (C=O) groups is 3. The summed E-state index contributed by atoms with van der Waals surface area (Å²) in [5.74, 6) is -0.182. The second-order valence-electron chi connectivity index (χ2n) is 8.08. The third-order valence-corrected chi connectivity index (χ3v) is 5.88. The fourth-order valence-corrected chi connectivity index (χ4v) is 4.19. The SMILES string of the molecule is COC(=O)c1ccccc1NC(=O)C1CCN(C(=O)N2C[C@@H](C)Oc3ccccc32)CC1. The van der Waals surface area contributed by atoms with Crippen molar-refractivity contribution in [2.75, 3.05) is 37.0 Å². The second kappa shape index (κ2) is 9.30. The average Bonchev–Trinajstić information content (AvgIpc) is 2.83. The highest BCUT2D eigenvalue weighted by atomic mass is 16.5. The van der Waals surface area contributed by atoms with Crippen LogP contribution in [0.25, 0.3) is 0 Å². The number of benzene rings is 2. The van der Waals surface area contributed by atoms with Crippen LogP contribution >= 0.6 is 0 Å². The van der Waals surface area contributed by atoms with Crippen LogP contribution in [0.1, 0.15) is 30.1 Å². The second-order valence-corrected chi connectivity index (χ2v) is 8.08. The summed E-state index contributed by atoms with van der Waals surface area (Å²) in [4.78, 5) is 41.5. The number of amides is 3. The predicted molar refractivity (Wildman–Crippen MR) is 120 cm³/mol. The summed E-state index contributed by atoms with van der Waals surface area (Å²) < 4.78 is 10.6. The Balaban J connectivity index is 1.38. The van der Waals surface area contributed by atoms with Gasteiger partial charge in [-0.3, -0.25) is 9.69 Å². The Bertz CT molecular complexity index is 1020. The number of piperidine rings is 1. The number of fused-ring (bicyclic) bond motifs is 1. The lowest BCUT2D eigenvalue weighted by atomic mass is 9.95. The topological polar surface area (TPSA) is 88.2 Å². The summed E-state index contributed by atoms with van der Waals surface area (Å²) in [5.41, 5.74) is 1.52. The van der Waals surface area contributed by atoms with E-state index in [1.165, 1.54) is 7.11 Å². The molecular weight excluding hydrogens is 410 g/mol. The number of likely N-dealkylation sites (tertiary alicyclic amines) is 1. The van der Waals surface area contributed by atoms with Gasteiger partial charge in [-0.1, -0.05) is 24.3 Å². The molecule has 0 spiro atoms. The minimum Gasteiger partial charge on any atom is -0.487 e. The molecule has 1 saturated heterocycles. The maximum Gasteiger partial charge on any atom is 0.339 e. The molecular formula is C24H27N3O5. The zero-order chi connectivity index (χ0) is 22.7. The number of urea groups is 1. The average molecular weight is 437 g/mol. The Hall–Kier alpha value is -3.55. The molecule has 0 aliphatic carbocycles. The first-order valence-corrected chi connectivity index (χ1v) is 10.8. The molecule has 1 atom stereocenters. The quantitative estimate of drug-likeness (QED) is 0.742. The highest BCUT2D eigenvalue weighted by Gasteiger charge is 2.34. The number of methoxy groups -OCH3 is 1. The number of hydrogen-bond acceptors (Lipinski definition) is 5. The lowest BCUT2D eigenvalue weighted by Gasteiger charge is -2.39. The third-order valence-electron chi connectivity index (χ3n) is 5.88. The number of ether oxygens (including phenoxy) is 2. The van der Waals surface area contributed by atoms with Crippen LogP contribution in [0.4, 0.5) is 16.2 Å². The van der Waals surface area contributed by atoms with Gasteiger partial charge in [0.2, 0.25) is 5.91 Å². The molecule has 0 radical (unpaired) electrons. The summed E-state index contributed by atoms with van der Waals surface area (Å²) in [6.45, 7) is 3.41. The van der Waals surface area contributed by atoms with Crippen LogP contribution in [0, 0.1) is 5.92 Å². The van der Waals surface area contributed by atoms with E-state index >= 15 is 0 Å². The Labute approximate surface area is 187 Å². The van der Waals surface area contributed by atoms with Crippen molar-refractivity contribution in [2.45, 2.75) is 25.9 Å². The molecule has 8 nitrogen and oxygen atoms in total. The lowest BCUT2D eigenvalue weighted by Crippen LogP contribution is -2.51. The maximum atomic E-state index is 13.2. The zero-order valence-corrected chi connectivity index (χ0v) is 18.2. The molecule has 4 rings (SSSR count). The van der Waals surface area contributed by atoms with E-state index in [-0.39, 0.29) is 24.0 Å². The summed E-state index contributed by atoms with van der Waals surface area (Å²) in [6, 6.07) is 14.2. The van der Waals surface area contributed by atoms with Crippen molar-refractivity contribution in [3.63, 3.8) is 0 Å². The van der Waals surface area contributed by atoms with Gasteiger partial charge in [-0.15, -0.1) is 0 Å². The van der Waals surface area contributed by atoms with Crippen LogP contribution in [0.5, 0.6) is 5.75 Å². The van der Waals surface area contributed by atoms with E-state index in [0.717, 1.165) is 5.69 Å². The van der Waals surface area contributed by atoms with E-state index in [2.05, 4.69) is 5.32 Å². The predicted octanol–water partition coefficient (Wildman–Crippen LogP) is 3.53. The molecule has 0 saturated carbocycles. The van der Waals surface area contributed by atoms with Crippen molar-refractivity contribution >= 4 is 29.3 Å². The van der Waals surface area contributed by atoms with Gasteiger partial charge in [0.1, 0.15) is 11.9 Å². The number of para-hydroxylation sites is 3. The smallest absolute Gasteiger partial charge is 0.339 e. The van der Waals surface area contributed by atoms with Crippen LogP contribution in [0.15, 0.2) is 48.5 Å². The minimum atomic E-state index is -0.499. The van der Waals surface area contributed by atoms with E-state index in [9.17, 15) is 14.4 Å². The Morgan fingerprint density at radius 2 is 1.72 bits per heavy atom. The third kappa shape index (κ3) is 4.39. The molecule has 2 aliphatic heterocycles. The first-order chi connectivity index (χ1) is 15.5. The monoisotopic (exact) mass is 437 g/mol. The molecule has 0 aromatic heterocycles. The molecule has 3 amide bonds. The van der Waals surface area contributed by atoms with Crippen molar-refractivity contribution in [1.82, 2.24) is 4.90 Å². The van der Waals surface area contributed by atoms with Gasteiger partial charge in [0, 0.05) is 19.0 Å². The molecule has 1 N–H and O–H groups in total. The van der Waals surface area contributed by atoms with Crippen LogP contribution in [-0.2, 0) is 9.53 Å². The van der Waals surface area contributed by atoms with Gasteiger partial charge in [0.05, 0.1) is 30.6 Å². The number of nitrogens with one attached hydrogen (secondary N) is 1. The van der Waals surface area contributed by atoms with E-state index in [0.29, 0.717) is 49.5 Å². The maximum absolute atomic E-state index is 13.2. The number of rotatable bonds is 3. The summed E-state index contributed by atoms with van der Waals surface area (Å²) in [7, 11) is 1.31. The summed E-state index contributed by atoms with van der Waals surface area (Å²) >= 11 is 0. The molecule has 32 heavy (non-hydrogen) atoms. The van der Waals surface area contributed by atoms with Crippen molar-refractivity contribution in [3.8, 4) is 5.75 Å². The van der Waals surface area contributed by atoms with Gasteiger partial charge in [-0.05, 0) is 44.0 Å². The van der Waals surface area contributed by atoms with Crippen LogP contribution in [0.3, 0.4) is 0 Å². The number of nitrogens with zero attached hydrogens (tertiary/aromatic N) is 2. The standard InChI is InChI=1S/C24H27N3O5/c1-16-15-27(20-9-5-6-10-21(20)32-16)24(30)26-13-11-17(12-14-26)22(28)25-19-8-4-3-7-18(19)23(29)31-2/h3-10,16-17H,11-15H2,1-2H3,(H,25,28)/t16-/m1/s1. The van der Waals surface area contributed by atoms with E-state index in [4.69, 9.17) is 9.47 Å². The molecule has 0 bridgehead atoms. The van der Waals surface area contributed by atoms with Crippen molar-refractivity contribution < 1.29 is 23.9 Å². The molecule has 2 aromatic rings. The van der Waals surface area contributed by atoms with Gasteiger partial charge >= 0.3 is 12.0 Å². The first-order valence-electron chi connectivity index (χ1n) is 10.8. The Morgan fingerprint density at radius 3 is 2.47 bits per heavy atom. The van der Waals surface area contributed by atoms with Gasteiger partial charge in [-0.25, -0.2) is 9.59 Å². The van der Waals surface area contributed by atoms with Crippen molar-refractivity contribution in [2.24, 2.45) is 5.92 Å². The van der Waals surface area contributed by atoms with Crippen LogP contribution in [-0.4, -0.2) is 55.7 Å². The highest BCUT2D eigenvalue weighted by molar-refractivity contribution is 6.02. The van der Waals surface area contributed by atoms with Gasteiger partial charge in [0.15, 0.2) is 0 Å². The molecule has 168 valence electrons. The van der Waals surface area contributed by atoms with E-state index in [1.807, 2.05) is 31.2 Å². The number of anilines is 2. The Morgan fingerprint density at radius 1 is 1.03 bits per heavy atom. The first kappa shape index (κ1) is 21.7. The number of esters is 1. The van der Waals surface area contributed by atoms with E-state index < -0.39 is 5.97 Å². The lowest BCUT2D eigenvalue weighted by molar-refractivity contribution is -0.121. The van der Waals surface area contributed by atoms with Crippen molar-refractivity contribution in [3.05, 3.63) is 54.1 Å². The van der Waals surface area contributed by atoms with Crippen molar-refractivity contribution in [1.29, 1.82) is 0 Å². The largest absolute Gasteiger partial charge is 0.487 e. The molecule has 0 unspecified atom stereocenters. The minimum absolute atomic E-state index is 0.0671. The fourth-order valence-electron chi connectivity index (χ4n) is 4.19. The van der Waals surface area contributed by atoms with Gasteiger partial charge in [-0.2, -0.15) is 0 Å². The summed E-state index contributed by atoms with van der Waals surface area (Å²) in [5, 5.41) is 2.85. The summed E-state index contributed by atoms with van der Waals surface area (Å²) in [6.07, 6.45) is 1.02. The Kier molecular flexibility index (Phi) is 6.30. The fraction of sp³-hybridized carbons (Fsp3) is 0.375. The van der Waals surface area contributed by atoms with Gasteiger partial charge < -0.3 is 19.7 Å². The number of carbonyl (C=O) groups excluding carboxylic acids is 3. The molecule has 1 fully saturated rings.